The van der Waals surface area contributed by atoms with Crippen molar-refractivity contribution in [2.45, 2.75) is 25.8 Å². The van der Waals surface area contributed by atoms with Crippen LogP contribution < -0.4 is 11.1 Å². The number of hydrogen-bond donors (Lipinski definition) is 3. The number of nitrogen functional groups attached to an aromatic ring is 1. The van der Waals surface area contributed by atoms with Gasteiger partial charge in [-0.3, -0.25) is 4.90 Å². The average Bonchev–Trinajstić information content (AvgIpc) is 3.18. The molecule has 0 aromatic heterocycles. The highest BCUT2D eigenvalue weighted by molar-refractivity contribution is 5.94. The predicted octanol–water partition coefficient (Wildman–Crippen LogP) is 1.86. The second-order valence-electron chi connectivity index (χ2n) is 4.89. The fraction of sp³-hybridized carbons (Fsp3) is 0.500. The summed E-state index contributed by atoms with van der Waals surface area (Å²) < 4.78 is 0. The lowest BCUT2D eigenvalue weighted by Crippen LogP contribution is -2.30. The molecule has 5 nitrogen and oxygen atoms in total. The lowest BCUT2D eigenvalue weighted by Gasteiger charge is -2.20. The molecule has 1 aliphatic rings. The molecule has 1 aromatic carbocycles. The van der Waals surface area contributed by atoms with Crippen LogP contribution in [0.2, 0.25) is 0 Å². The van der Waals surface area contributed by atoms with Gasteiger partial charge in [-0.05, 0) is 37.6 Å². The van der Waals surface area contributed by atoms with Gasteiger partial charge in [0.05, 0.1) is 5.56 Å². The van der Waals surface area contributed by atoms with Gasteiger partial charge < -0.3 is 16.2 Å². The van der Waals surface area contributed by atoms with Crippen LogP contribution in [0.4, 0.5) is 11.4 Å². The van der Waals surface area contributed by atoms with Gasteiger partial charge >= 0.3 is 5.97 Å². The Morgan fingerprint density at radius 3 is 2.79 bits per heavy atom. The Hall–Kier alpha value is -1.75. The summed E-state index contributed by atoms with van der Waals surface area (Å²) in [5, 5.41) is 12.2. The summed E-state index contributed by atoms with van der Waals surface area (Å²) in [5.74, 6) is -0.991. The molecule has 5 heteroatoms. The first-order valence-electron chi connectivity index (χ1n) is 6.72. The van der Waals surface area contributed by atoms with Gasteiger partial charge in [-0.1, -0.05) is 6.92 Å². The van der Waals surface area contributed by atoms with E-state index in [0.717, 1.165) is 31.4 Å². The minimum absolute atomic E-state index is 0.152. The van der Waals surface area contributed by atoms with Crippen LogP contribution in [0.1, 0.15) is 30.1 Å². The minimum atomic E-state index is -0.991. The van der Waals surface area contributed by atoms with Crippen LogP contribution in [0.3, 0.4) is 0 Å². The zero-order valence-electron chi connectivity index (χ0n) is 11.2. The van der Waals surface area contributed by atoms with Gasteiger partial charge in [0.2, 0.25) is 0 Å². The van der Waals surface area contributed by atoms with Crippen molar-refractivity contribution in [2.24, 2.45) is 0 Å². The Kier molecular flexibility index (Phi) is 4.27. The molecule has 0 bridgehead atoms. The third-order valence-corrected chi connectivity index (χ3v) is 3.48. The molecular formula is C14H21N3O2. The van der Waals surface area contributed by atoms with Crippen molar-refractivity contribution in [3.8, 4) is 0 Å². The first-order chi connectivity index (χ1) is 9.11. The summed E-state index contributed by atoms with van der Waals surface area (Å²) in [4.78, 5) is 13.3. The molecule has 4 N–H and O–H groups in total. The van der Waals surface area contributed by atoms with Gasteiger partial charge in [0, 0.05) is 30.5 Å². The van der Waals surface area contributed by atoms with E-state index in [4.69, 9.17) is 10.8 Å². The fourth-order valence-corrected chi connectivity index (χ4v) is 2.25. The van der Waals surface area contributed by atoms with Crippen LogP contribution in [0.25, 0.3) is 0 Å². The zero-order valence-corrected chi connectivity index (χ0v) is 11.2. The van der Waals surface area contributed by atoms with Crippen molar-refractivity contribution < 1.29 is 9.90 Å². The maximum Gasteiger partial charge on any atom is 0.337 e. The second kappa shape index (κ2) is 5.93. The average molecular weight is 263 g/mol. The van der Waals surface area contributed by atoms with Gasteiger partial charge in [-0.2, -0.15) is 0 Å². The van der Waals surface area contributed by atoms with E-state index in [2.05, 4.69) is 17.1 Å². The van der Waals surface area contributed by atoms with Crippen molar-refractivity contribution >= 4 is 17.3 Å². The van der Waals surface area contributed by atoms with E-state index in [1.165, 1.54) is 12.8 Å². The largest absolute Gasteiger partial charge is 0.478 e. The summed E-state index contributed by atoms with van der Waals surface area (Å²) in [5.41, 5.74) is 7.03. The number of carbonyl (C=O) groups is 1. The van der Waals surface area contributed by atoms with Crippen molar-refractivity contribution in [1.82, 2.24) is 4.90 Å². The molecule has 0 radical (unpaired) electrons. The molecule has 0 saturated heterocycles. The van der Waals surface area contributed by atoms with E-state index in [9.17, 15) is 4.79 Å². The van der Waals surface area contributed by atoms with E-state index >= 15 is 0 Å². The Balaban J connectivity index is 1.85. The number of rotatable bonds is 7. The van der Waals surface area contributed by atoms with E-state index in [0.29, 0.717) is 5.69 Å². The molecular weight excluding hydrogens is 242 g/mol. The number of carboxylic acid groups (broad SMARTS) is 1. The summed E-state index contributed by atoms with van der Waals surface area (Å²) in [6.07, 6.45) is 2.63. The molecule has 2 rings (SSSR count). The Morgan fingerprint density at radius 2 is 2.26 bits per heavy atom. The lowest BCUT2D eigenvalue weighted by atomic mass is 10.1. The standard InChI is InChI=1S/C14H21N3O2/c1-2-17(11-4-5-11)8-7-16-10-3-6-12(14(18)19)13(15)9-10/h3,6,9,11,16H,2,4-5,7-8,15H2,1H3,(H,18,19). The van der Waals surface area contributed by atoms with Crippen LogP contribution in [0.5, 0.6) is 0 Å². The molecule has 0 aliphatic heterocycles. The maximum absolute atomic E-state index is 10.9. The molecule has 0 amide bonds. The van der Waals surface area contributed by atoms with Crippen LogP contribution in [0, 0.1) is 0 Å². The third kappa shape index (κ3) is 3.61. The molecule has 19 heavy (non-hydrogen) atoms. The number of carboxylic acids is 1. The predicted molar refractivity (Wildman–Crippen MR) is 76.6 cm³/mol. The van der Waals surface area contributed by atoms with Gasteiger partial charge in [-0.15, -0.1) is 0 Å². The van der Waals surface area contributed by atoms with Crippen LogP contribution in [0.15, 0.2) is 18.2 Å². The summed E-state index contributed by atoms with van der Waals surface area (Å²) in [6.45, 7) is 5.10. The number of nitrogens with two attached hydrogens (primary N) is 1. The Labute approximate surface area is 113 Å². The maximum atomic E-state index is 10.9. The molecule has 0 heterocycles. The topological polar surface area (TPSA) is 78.6 Å². The fourth-order valence-electron chi connectivity index (χ4n) is 2.25. The van der Waals surface area contributed by atoms with E-state index in [-0.39, 0.29) is 5.56 Å². The first-order valence-corrected chi connectivity index (χ1v) is 6.72. The first kappa shape index (κ1) is 13.7. The van der Waals surface area contributed by atoms with Gasteiger partial charge in [0.1, 0.15) is 0 Å². The second-order valence-corrected chi connectivity index (χ2v) is 4.89. The Bertz CT molecular complexity index is 458. The van der Waals surface area contributed by atoms with Crippen molar-refractivity contribution in [1.29, 1.82) is 0 Å². The highest BCUT2D eigenvalue weighted by Crippen LogP contribution is 2.26. The van der Waals surface area contributed by atoms with Gasteiger partial charge in [0.15, 0.2) is 0 Å². The quantitative estimate of drug-likeness (QED) is 0.654. The molecule has 0 spiro atoms. The lowest BCUT2D eigenvalue weighted by molar-refractivity contribution is 0.0698. The van der Waals surface area contributed by atoms with Crippen LogP contribution in [-0.2, 0) is 0 Å². The van der Waals surface area contributed by atoms with Crippen molar-refractivity contribution in [3.05, 3.63) is 23.8 Å². The van der Waals surface area contributed by atoms with Crippen molar-refractivity contribution in [3.63, 3.8) is 0 Å². The number of nitrogens with zero attached hydrogens (tertiary/aromatic N) is 1. The number of likely N-dealkylation sites (N-methyl/N-ethyl adjacent to an activating group) is 1. The summed E-state index contributed by atoms with van der Waals surface area (Å²) in [7, 11) is 0. The molecule has 1 aliphatic carbocycles. The van der Waals surface area contributed by atoms with E-state index in [1.807, 2.05) is 0 Å². The normalized spacial score (nSPS) is 14.6. The number of aromatic carboxylic acids is 1. The van der Waals surface area contributed by atoms with Gasteiger partial charge in [-0.25, -0.2) is 4.79 Å². The summed E-state index contributed by atoms with van der Waals surface area (Å²) >= 11 is 0. The molecule has 1 aromatic rings. The molecule has 1 saturated carbocycles. The van der Waals surface area contributed by atoms with E-state index < -0.39 is 5.97 Å². The number of hydrogen-bond acceptors (Lipinski definition) is 4. The highest BCUT2D eigenvalue weighted by atomic mass is 16.4. The highest BCUT2D eigenvalue weighted by Gasteiger charge is 2.27. The Morgan fingerprint density at radius 1 is 1.53 bits per heavy atom. The minimum Gasteiger partial charge on any atom is -0.478 e. The SMILES string of the molecule is CCN(CCNc1ccc(C(=O)O)c(N)c1)C1CC1. The molecule has 104 valence electrons. The number of benzene rings is 1. The zero-order chi connectivity index (χ0) is 13.8. The monoisotopic (exact) mass is 263 g/mol. The molecule has 0 atom stereocenters. The van der Waals surface area contributed by atoms with E-state index in [1.54, 1.807) is 18.2 Å². The number of anilines is 2. The molecule has 1 fully saturated rings. The summed E-state index contributed by atoms with van der Waals surface area (Å²) in [6, 6.07) is 5.74. The van der Waals surface area contributed by atoms with Crippen LogP contribution in [-0.4, -0.2) is 41.7 Å². The van der Waals surface area contributed by atoms with Crippen molar-refractivity contribution in [2.75, 3.05) is 30.7 Å². The smallest absolute Gasteiger partial charge is 0.337 e. The van der Waals surface area contributed by atoms with Crippen LogP contribution >= 0.6 is 0 Å². The number of nitrogens with one attached hydrogen (secondary N) is 1. The molecule has 0 unspecified atom stereocenters. The van der Waals surface area contributed by atoms with Gasteiger partial charge in [0.25, 0.3) is 0 Å². The third-order valence-electron chi connectivity index (χ3n) is 3.48.